The van der Waals surface area contributed by atoms with Crippen LogP contribution in [0.15, 0.2) is 11.6 Å². The van der Waals surface area contributed by atoms with Crippen LogP contribution in [-0.2, 0) is 0 Å². The molecule has 68 valence electrons. The van der Waals surface area contributed by atoms with E-state index in [0.717, 1.165) is 5.92 Å². The van der Waals surface area contributed by atoms with Crippen LogP contribution in [0.1, 0.15) is 54.4 Å². The van der Waals surface area contributed by atoms with Crippen LogP contribution in [-0.4, -0.2) is 0 Å². The van der Waals surface area contributed by atoms with Crippen molar-refractivity contribution in [2.45, 2.75) is 54.4 Å². The maximum absolute atomic E-state index is 2.37. The fourth-order valence-corrected chi connectivity index (χ4v) is 1.10. The first-order valence-electron chi connectivity index (χ1n) is 4.44. The molecule has 0 bridgehead atoms. The highest BCUT2D eigenvalue weighted by Gasteiger charge is 2.05. The van der Waals surface area contributed by atoms with E-state index in [1.165, 1.54) is 19.3 Å². The van der Waals surface area contributed by atoms with Crippen LogP contribution in [0.25, 0.3) is 0 Å². The lowest BCUT2D eigenvalue weighted by Crippen LogP contribution is -1.98. The van der Waals surface area contributed by atoms with Gasteiger partial charge in [0.05, 0.1) is 0 Å². The molecule has 0 fully saturated rings. The summed E-state index contributed by atoms with van der Waals surface area (Å²) in [4.78, 5) is 0. The number of rotatable bonds is 0. The van der Waals surface area contributed by atoms with Gasteiger partial charge in [0.2, 0.25) is 0 Å². The molecule has 0 aromatic rings. The molecule has 0 aliphatic heterocycles. The molecule has 1 aliphatic rings. The van der Waals surface area contributed by atoms with Crippen molar-refractivity contribution in [1.82, 2.24) is 0 Å². The van der Waals surface area contributed by atoms with Gasteiger partial charge in [-0.2, -0.15) is 0 Å². The van der Waals surface area contributed by atoms with Gasteiger partial charge in [0.1, 0.15) is 0 Å². The average Bonchev–Trinajstić information content (AvgIpc) is 2.00. The summed E-state index contributed by atoms with van der Waals surface area (Å²) in [7, 11) is 0. The van der Waals surface area contributed by atoms with Gasteiger partial charge in [-0.15, -0.1) is 0 Å². The van der Waals surface area contributed by atoms with Crippen molar-refractivity contribution in [3.05, 3.63) is 11.6 Å². The molecule has 1 atom stereocenters. The number of allylic oxidation sites excluding steroid dienone is 2. The van der Waals surface area contributed by atoms with Crippen LogP contribution < -0.4 is 0 Å². The Bertz CT molecular complexity index is 101. The van der Waals surface area contributed by atoms with Crippen LogP contribution >= 0.6 is 0 Å². The molecule has 11 heavy (non-hydrogen) atoms. The van der Waals surface area contributed by atoms with E-state index in [0.29, 0.717) is 0 Å². The van der Waals surface area contributed by atoms with Gasteiger partial charge in [-0.25, -0.2) is 0 Å². The monoisotopic (exact) mass is 156 g/mol. The van der Waals surface area contributed by atoms with Gasteiger partial charge in [-0.05, 0) is 32.1 Å². The number of hydrogen-bond acceptors (Lipinski definition) is 0. The standard InChI is InChI=1S/C8H14.C2H6.CH4/c1-7-3-5-8(2)6-4-7;1-2;/h3,8H,4-6H2,1-2H3;1-2H3;1H4. The van der Waals surface area contributed by atoms with Gasteiger partial charge in [-0.3, -0.25) is 0 Å². The Morgan fingerprint density at radius 2 is 1.91 bits per heavy atom. The normalized spacial score (nSPS) is 22.2. The molecule has 0 aromatic heterocycles. The van der Waals surface area contributed by atoms with Crippen molar-refractivity contribution in [3.8, 4) is 0 Å². The van der Waals surface area contributed by atoms with Crippen LogP contribution in [0.5, 0.6) is 0 Å². The van der Waals surface area contributed by atoms with Gasteiger partial charge in [0, 0.05) is 0 Å². The molecule has 0 aromatic carbocycles. The molecule has 0 heteroatoms. The second-order valence-corrected chi connectivity index (χ2v) is 2.93. The van der Waals surface area contributed by atoms with Gasteiger partial charge in [-0.1, -0.05) is 39.8 Å². The van der Waals surface area contributed by atoms with Crippen LogP contribution in [0.4, 0.5) is 0 Å². The first-order valence-corrected chi connectivity index (χ1v) is 4.44. The lowest BCUT2D eigenvalue weighted by Gasteiger charge is -2.14. The van der Waals surface area contributed by atoms with Crippen molar-refractivity contribution in [1.29, 1.82) is 0 Å². The van der Waals surface area contributed by atoms with Crippen molar-refractivity contribution in [2.24, 2.45) is 5.92 Å². The third kappa shape index (κ3) is 6.15. The van der Waals surface area contributed by atoms with Gasteiger partial charge in [0.15, 0.2) is 0 Å². The van der Waals surface area contributed by atoms with Crippen LogP contribution in [0, 0.1) is 5.92 Å². The third-order valence-corrected chi connectivity index (χ3v) is 1.90. The van der Waals surface area contributed by atoms with Crippen molar-refractivity contribution in [2.75, 3.05) is 0 Å². The summed E-state index contributed by atoms with van der Waals surface area (Å²) < 4.78 is 0. The number of hydrogen-bond donors (Lipinski definition) is 0. The first-order chi connectivity index (χ1) is 4.79. The fourth-order valence-electron chi connectivity index (χ4n) is 1.10. The van der Waals surface area contributed by atoms with Gasteiger partial charge < -0.3 is 0 Å². The highest BCUT2D eigenvalue weighted by molar-refractivity contribution is 5.01. The molecule has 0 heterocycles. The summed E-state index contributed by atoms with van der Waals surface area (Å²) in [6, 6.07) is 0. The second kappa shape index (κ2) is 7.84. The Hall–Kier alpha value is -0.260. The molecule has 0 amide bonds. The predicted molar refractivity (Wildman–Crippen MR) is 54.9 cm³/mol. The molecular weight excluding hydrogens is 132 g/mol. The molecule has 1 rings (SSSR count). The van der Waals surface area contributed by atoms with E-state index >= 15 is 0 Å². The van der Waals surface area contributed by atoms with Gasteiger partial charge >= 0.3 is 0 Å². The SMILES string of the molecule is C.CC.CC1=CCC(C)CC1. The Morgan fingerprint density at radius 1 is 1.36 bits per heavy atom. The van der Waals surface area contributed by atoms with E-state index in [-0.39, 0.29) is 7.43 Å². The zero-order valence-electron chi connectivity index (χ0n) is 7.78. The highest BCUT2D eigenvalue weighted by atomic mass is 14.1. The van der Waals surface area contributed by atoms with Crippen molar-refractivity contribution >= 4 is 0 Å². The largest absolute Gasteiger partial charge is 0.0853 e. The summed E-state index contributed by atoms with van der Waals surface area (Å²) >= 11 is 0. The molecule has 0 nitrogen and oxygen atoms in total. The average molecular weight is 156 g/mol. The lowest BCUT2D eigenvalue weighted by atomic mass is 9.92. The molecular formula is C11H24. The van der Waals surface area contributed by atoms with Crippen LogP contribution in [0.2, 0.25) is 0 Å². The van der Waals surface area contributed by atoms with E-state index in [2.05, 4.69) is 19.9 Å². The third-order valence-electron chi connectivity index (χ3n) is 1.90. The molecule has 0 spiro atoms. The first kappa shape index (κ1) is 13.3. The predicted octanol–water partition coefficient (Wildman–Crippen LogP) is 4.42. The zero-order valence-corrected chi connectivity index (χ0v) is 7.78. The summed E-state index contributed by atoms with van der Waals surface area (Å²) in [5.41, 5.74) is 1.59. The summed E-state index contributed by atoms with van der Waals surface area (Å²) in [6.07, 6.45) is 6.42. The summed E-state index contributed by atoms with van der Waals surface area (Å²) in [6.45, 7) is 8.55. The van der Waals surface area contributed by atoms with E-state index in [1.807, 2.05) is 13.8 Å². The van der Waals surface area contributed by atoms with Crippen molar-refractivity contribution in [3.63, 3.8) is 0 Å². The second-order valence-electron chi connectivity index (χ2n) is 2.93. The van der Waals surface area contributed by atoms with E-state index in [4.69, 9.17) is 0 Å². The minimum Gasteiger partial charge on any atom is -0.0853 e. The zero-order chi connectivity index (χ0) is 7.98. The minimum absolute atomic E-state index is 0. The lowest BCUT2D eigenvalue weighted by molar-refractivity contribution is 0.514. The van der Waals surface area contributed by atoms with E-state index < -0.39 is 0 Å². The topological polar surface area (TPSA) is 0 Å². The highest BCUT2D eigenvalue weighted by Crippen LogP contribution is 2.21. The quantitative estimate of drug-likeness (QED) is 0.456. The maximum atomic E-state index is 2.37. The smallest absolute Gasteiger partial charge is 0.0320 e. The van der Waals surface area contributed by atoms with Crippen molar-refractivity contribution < 1.29 is 0 Å². The molecule has 1 aliphatic carbocycles. The molecule has 1 unspecified atom stereocenters. The Labute approximate surface area is 72.7 Å². The summed E-state index contributed by atoms with van der Waals surface area (Å²) in [5.74, 6) is 0.943. The minimum atomic E-state index is 0. The molecule has 0 saturated heterocycles. The fraction of sp³-hybridized carbons (Fsp3) is 0.818. The van der Waals surface area contributed by atoms with E-state index in [1.54, 1.807) is 5.57 Å². The van der Waals surface area contributed by atoms with Gasteiger partial charge in [0.25, 0.3) is 0 Å². The molecule has 0 N–H and O–H groups in total. The van der Waals surface area contributed by atoms with E-state index in [9.17, 15) is 0 Å². The molecule has 0 radical (unpaired) electrons. The molecule has 0 saturated carbocycles. The Morgan fingerprint density at radius 3 is 2.18 bits per heavy atom. The Balaban J connectivity index is 0. The Kier molecular flexibility index (Phi) is 9.51. The van der Waals surface area contributed by atoms with Crippen LogP contribution in [0.3, 0.4) is 0 Å². The maximum Gasteiger partial charge on any atom is -0.0320 e. The summed E-state index contributed by atoms with van der Waals surface area (Å²) in [5, 5.41) is 0.